The first-order valence-electron chi connectivity index (χ1n) is 7.16. The van der Waals surface area contributed by atoms with Gasteiger partial charge in [-0.15, -0.1) is 12.1 Å². The number of rotatable bonds is 2. The standard InChI is InChI=1S/C20H11N3.2Y/c1-2-16-14-18-9-3-5-12-22(18)20(16)17(8-7-11-21)15-19-10-4-6-13-23(19)20;;/h1-6,8-10,12-13H;;/q-2;;. The third-order valence-corrected chi connectivity index (χ3v) is 4.14. The van der Waals surface area contributed by atoms with Gasteiger partial charge in [-0.1, -0.05) is 12.1 Å². The molecule has 0 aromatic carbocycles. The molecule has 1 atom stereocenters. The molecule has 5 heteroatoms. The Kier molecular flexibility index (Phi) is 6.57. The molecule has 114 valence electrons. The van der Waals surface area contributed by atoms with Crippen molar-refractivity contribution < 1.29 is 74.6 Å². The molecule has 4 heterocycles. The van der Waals surface area contributed by atoms with Crippen molar-refractivity contribution in [3.63, 3.8) is 0 Å². The predicted molar refractivity (Wildman–Crippen MR) is 80.7 cm³/mol. The summed E-state index contributed by atoms with van der Waals surface area (Å²) in [6, 6.07) is 13.7. The van der Waals surface area contributed by atoms with Crippen molar-refractivity contribution in [2.45, 2.75) is 5.66 Å². The number of fused-ring (bicyclic) bond motifs is 4. The molecule has 0 amide bonds. The van der Waals surface area contributed by atoms with Crippen molar-refractivity contribution in [3.8, 4) is 6.07 Å². The van der Waals surface area contributed by atoms with Crippen molar-refractivity contribution in [2.24, 2.45) is 0 Å². The number of pyridine rings is 2. The molecule has 25 heavy (non-hydrogen) atoms. The Labute approximate surface area is 197 Å². The average molecular weight is 471 g/mol. The quantitative estimate of drug-likeness (QED) is 0.372. The van der Waals surface area contributed by atoms with E-state index in [0.29, 0.717) is 0 Å². The minimum atomic E-state index is -0.716. The van der Waals surface area contributed by atoms with Gasteiger partial charge in [-0.25, -0.2) is 11.3 Å². The van der Waals surface area contributed by atoms with Crippen LogP contribution in [0.4, 0.5) is 0 Å². The van der Waals surface area contributed by atoms with E-state index in [-0.39, 0.29) is 65.4 Å². The summed E-state index contributed by atoms with van der Waals surface area (Å²) in [6.45, 7) is 5.92. The van der Waals surface area contributed by atoms with Crippen molar-refractivity contribution in [1.29, 1.82) is 5.26 Å². The SMILES string of the molecule is [CH-]=CC1=[C-]c2cccc[n+]2C12C(C=[C-]C#N)=[C-]c1cccc[n+]12.[Y].[Y]. The zero-order chi connectivity index (χ0) is 15.9. The third kappa shape index (κ3) is 2.90. The number of allylic oxidation sites excluding steroid dienone is 5. The van der Waals surface area contributed by atoms with Crippen LogP contribution in [0.15, 0.2) is 72.1 Å². The zero-order valence-corrected chi connectivity index (χ0v) is 19.0. The molecule has 1 spiro atoms. The minimum Gasteiger partial charge on any atom is -0.360 e. The van der Waals surface area contributed by atoms with Crippen LogP contribution in [0.5, 0.6) is 0 Å². The maximum absolute atomic E-state index is 8.89. The van der Waals surface area contributed by atoms with E-state index in [4.69, 9.17) is 11.8 Å². The Balaban J connectivity index is 0.00000113. The molecule has 2 aliphatic heterocycles. The van der Waals surface area contributed by atoms with Crippen LogP contribution in [0.25, 0.3) is 0 Å². The number of hydrogen-bond acceptors (Lipinski definition) is 1. The smallest absolute Gasteiger partial charge is 0.248 e. The van der Waals surface area contributed by atoms with Gasteiger partial charge in [-0.05, 0) is 18.2 Å². The van der Waals surface area contributed by atoms with E-state index in [1.807, 2.05) is 54.9 Å². The van der Waals surface area contributed by atoms with Gasteiger partial charge in [0.05, 0.1) is 11.4 Å². The number of aromatic nitrogens is 2. The molecule has 0 fully saturated rings. The topological polar surface area (TPSA) is 31.5 Å². The van der Waals surface area contributed by atoms with Crippen LogP contribution in [0.2, 0.25) is 0 Å². The molecule has 4 rings (SSSR count). The summed E-state index contributed by atoms with van der Waals surface area (Å²) in [5.41, 5.74) is 2.70. The van der Waals surface area contributed by atoms with Gasteiger partial charge in [-0.3, -0.25) is 0 Å². The Bertz CT molecular complexity index is 954. The molecular formula is C20H11N3Y2-2. The minimum absolute atomic E-state index is 0. The summed E-state index contributed by atoms with van der Waals surface area (Å²) in [5.74, 6) is 0. The fourth-order valence-electron chi connectivity index (χ4n) is 3.28. The molecule has 0 bridgehead atoms. The van der Waals surface area contributed by atoms with Crippen molar-refractivity contribution in [3.05, 3.63) is 108 Å². The summed E-state index contributed by atoms with van der Waals surface area (Å²) in [6.07, 6.45) is 16.5. The van der Waals surface area contributed by atoms with E-state index in [1.165, 1.54) is 0 Å². The third-order valence-electron chi connectivity index (χ3n) is 4.14. The second-order valence-corrected chi connectivity index (χ2v) is 5.23. The fraction of sp³-hybridized carbons (Fsp3) is 0.0500. The monoisotopic (exact) mass is 471 g/mol. The molecule has 2 aromatic rings. The first-order chi connectivity index (χ1) is 11.3. The molecule has 2 radical (unpaired) electrons. The number of nitrogens with zero attached hydrogens (tertiary/aromatic N) is 3. The number of nitriles is 1. The molecule has 1 unspecified atom stereocenters. The van der Waals surface area contributed by atoms with E-state index in [1.54, 1.807) is 12.2 Å². The first kappa shape index (κ1) is 20.3. The second-order valence-electron chi connectivity index (χ2n) is 5.23. The molecule has 0 N–H and O–H groups in total. The zero-order valence-electron chi connectivity index (χ0n) is 13.3. The summed E-state index contributed by atoms with van der Waals surface area (Å²) in [7, 11) is 0. The van der Waals surface area contributed by atoms with E-state index in [9.17, 15) is 0 Å². The van der Waals surface area contributed by atoms with Crippen LogP contribution < -0.4 is 9.13 Å². The van der Waals surface area contributed by atoms with Crippen LogP contribution in [-0.4, -0.2) is 0 Å². The van der Waals surface area contributed by atoms with E-state index in [0.717, 1.165) is 22.5 Å². The Hall–Kier alpha value is -1.04. The van der Waals surface area contributed by atoms with E-state index >= 15 is 0 Å². The van der Waals surface area contributed by atoms with Gasteiger partial charge in [0.25, 0.3) is 0 Å². The van der Waals surface area contributed by atoms with Crippen LogP contribution in [0.3, 0.4) is 0 Å². The van der Waals surface area contributed by atoms with Crippen LogP contribution >= 0.6 is 0 Å². The van der Waals surface area contributed by atoms with Crippen molar-refractivity contribution in [2.75, 3.05) is 0 Å². The van der Waals surface area contributed by atoms with Gasteiger partial charge >= 0.3 is 0 Å². The average Bonchev–Trinajstić information content (AvgIpc) is 3.11. The van der Waals surface area contributed by atoms with Crippen LogP contribution in [-0.2, 0) is 71.1 Å². The van der Waals surface area contributed by atoms with Crippen molar-refractivity contribution >= 4 is 0 Å². The van der Waals surface area contributed by atoms with Gasteiger partial charge in [0, 0.05) is 65.4 Å². The molecule has 0 saturated heterocycles. The van der Waals surface area contributed by atoms with Gasteiger partial charge in [0.1, 0.15) is 0 Å². The van der Waals surface area contributed by atoms with Gasteiger partial charge in [-0.2, -0.15) is 32.4 Å². The summed E-state index contributed by atoms with van der Waals surface area (Å²) in [4.78, 5) is 0. The fourth-order valence-corrected chi connectivity index (χ4v) is 3.28. The summed E-state index contributed by atoms with van der Waals surface area (Å²) in [5, 5.41) is 8.89. The maximum Gasteiger partial charge on any atom is 0.248 e. The molecule has 2 aromatic heterocycles. The number of hydrogen-bond donors (Lipinski definition) is 0. The van der Waals surface area contributed by atoms with Gasteiger partial charge in [0.2, 0.25) is 5.66 Å². The summed E-state index contributed by atoms with van der Waals surface area (Å²) < 4.78 is 4.17. The Morgan fingerprint density at radius 3 is 2.08 bits per heavy atom. The molecule has 0 saturated carbocycles. The van der Waals surface area contributed by atoms with Crippen LogP contribution in [0.1, 0.15) is 11.4 Å². The molecule has 2 aliphatic rings. The van der Waals surface area contributed by atoms with Gasteiger partial charge in [0.15, 0.2) is 12.4 Å². The largest absolute Gasteiger partial charge is 0.360 e. The normalized spacial score (nSPS) is 19.2. The predicted octanol–water partition coefficient (Wildman–Crippen LogP) is 1.51. The molecule has 3 nitrogen and oxygen atoms in total. The van der Waals surface area contributed by atoms with Gasteiger partial charge < -0.3 is 18.7 Å². The molecular weight excluding hydrogens is 460 g/mol. The van der Waals surface area contributed by atoms with Crippen LogP contribution in [0, 0.1) is 36.1 Å². The first-order valence-corrected chi connectivity index (χ1v) is 7.16. The van der Waals surface area contributed by atoms with Crippen molar-refractivity contribution in [1.82, 2.24) is 0 Å². The molecule has 0 aliphatic carbocycles. The maximum atomic E-state index is 8.89. The Morgan fingerprint density at radius 1 is 1.00 bits per heavy atom. The Morgan fingerprint density at radius 2 is 1.56 bits per heavy atom. The summed E-state index contributed by atoms with van der Waals surface area (Å²) >= 11 is 0. The van der Waals surface area contributed by atoms with E-state index in [2.05, 4.69) is 27.4 Å². The second kappa shape index (κ2) is 8.10. The van der Waals surface area contributed by atoms with E-state index < -0.39 is 5.66 Å².